The zero-order valence-corrected chi connectivity index (χ0v) is 10.5. The fourth-order valence-corrected chi connectivity index (χ4v) is 1.72. The second-order valence-electron chi connectivity index (χ2n) is 5.08. The van der Waals surface area contributed by atoms with Crippen molar-refractivity contribution in [2.45, 2.75) is 33.2 Å². The maximum Gasteiger partial charge on any atom is 0.0205 e. The van der Waals surface area contributed by atoms with Gasteiger partial charge in [0, 0.05) is 13.1 Å². The monoisotopic (exact) mass is 217 g/mol. The van der Waals surface area contributed by atoms with Gasteiger partial charge in [-0.15, -0.1) is 6.58 Å². The fraction of sp³-hybridized carbons (Fsp3) is 0.467. The van der Waals surface area contributed by atoms with Gasteiger partial charge in [0.2, 0.25) is 0 Å². The van der Waals surface area contributed by atoms with Crippen molar-refractivity contribution < 1.29 is 0 Å². The number of hydrogen-bond donors (Lipinski definition) is 1. The molecule has 0 heterocycles. The van der Waals surface area contributed by atoms with Crippen LogP contribution in [0.15, 0.2) is 43.0 Å². The van der Waals surface area contributed by atoms with Crippen molar-refractivity contribution in [1.82, 2.24) is 5.32 Å². The van der Waals surface area contributed by atoms with E-state index < -0.39 is 0 Å². The summed E-state index contributed by atoms with van der Waals surface area (Å²) in [5.41, 5.74) is 1.70. The van der Waals surface area contributed by atoms with Gasteiger partial charge in [0.05, 0.1) is 0 Å². The molecule has 0 fully saturated rings. The molecule has 0 aromatic heterocycles. The number of nitrogens with one attached hydrogen (secondary N) is 1. The van der Waals surface area contributed by atoms with E-state index in [9.17, 15) is 0 Å². The molecular weight excluding hydrogens is 194 g/mol. The van der Waals surface area contributed by atoms with Crippen molar-refractivity contribution in [2.24, 2.45) is 5.41 Å². The van der Waals surface area contributed by atoms with Gasteiger partial charge >= 0.3 is 0 Å². The summed E-state index contributed by atoms with van der Waals surface area (Å²) in [5.74, 6) is 0. The Labute approximate surface area is 99.6 Å². The van der Waals surface area contributed by atoms with Crippen LogP contribution in [0.2, 0.25) is 0 Å². The van der Waals surface area contributed by atoms with Crippen LogP contribution < -0.4 is 5.32 Å². The Kier molecular flexibility index (Phi) is 5.27. The van der Waals surface area contributed by atoms with Crippen LogP contribution in [-0.4, -0.2) is 6.54 Å². The molecule has 1 aromatic rings. The van der Waals surface area contributed by atoms with E-state index in [-0.39, 0.29) is 0 Å². The fourth-order valence-electron chi connectivity index (χ4n) is 1.72. The quantitative estimate of drug-likeness (QED) is 0.686. The lowest BCUT2D eigenvalue weighted by Gasteiger charge is -2.24. The van der Waals surface area contributed by atoms with Crippen LogP contribution in [0, 0.1) is 5.41 Å². The molecule has 0 saturated carbocycles. The Bertz CT molecular complexity index is 300. The average molecular weight is 217 g/mol. The van der Waals surface area contributed by atoms with E-state index in [0.717, 1.165) is 19.5 Å². The predicted octanol–water partition coefficient (Wildman–Crippen LogP) is 3.77. The van der Waals surface area contributed by atoms with Crippen molar-refractivity contribution in [3.8, 4) is 0 Å². The van der Waals surface area contributed by atoms with Crippen molar-refractivity contribution >= 4 is 0 Å². The highest BCUT2D eigenvalue weighted by Gasteiger charge is 2.15. The molecule has 1 aromatic carbocycles. The van der Waals surface area contributed by atoms with Gasteiger partial charge in [-0.05, 0) is 23.8 Å². The van der Waals surface area contributed by atoms with Crippen LogP contribution in [0.1, 0.15) is 32.3 Å². The number of rotatable bonds is 7. The summed E-state index contributed by atoms with van der Waals surface area (Å²) >= 11 is 0. The lowest BCUT2D eigenvalue weighted by atomic mass is 9.88. The first-order valence-corrected chi connectivity index (χ1v) is 5.99. The van der Waals surface area contributed by atoms with E-state index in [1.165, 1.54) is 12.0 Å². The van der Waals surface area contributed by atoms with E-state index in [1.54, 1.807) is 0 Å². The maximum absolute atomic E-state index is 3.77. The summed E-state index contributed by atoms with van der Waals surface area (Å²) in [6.45, 7) is 10.4. The SMILES string of the molecule is C=CCCC(C)(C)CNCc1ccccc1. The molecule has 16 heavy (non-hydrogen) atoms. The number of hydrogen-bond acceptors (Lipinski definition) is 1. The molecule has 0 saturated heterocycles. The molecule has 0 unspecified atom stereocenters. The van der Waals surface area contributed by atoms with E-state index in [2.05, 4.69) is 56.1 Å². The zero-order chi connectivity index (χ0) is 11.9. The van der Waals surface area contributed by atoms with Crippen LogP contribution in [-0.2, 0) is 6.54 Å². The molecule has 1 N–H and O–H groups in total. The van der Waals surface area contributed by atoms with Gasteiger partial charge in [0.1, 0.15) is 0 Å². The minimum atomic E-state index is 0.350. The number of benzene rings is 1. The molecule has 0 radical (unpaired) electrons. The highest BCUT2D eigenvalue weighted by Crippen LogP contribution is 2.21. The van der Waals surface area contributed by atoms with Crippen LogP contribution in [0.25, 0.3) is 0 Å². The molecule has 0 atom stereocenters. The average Bonchev–Trinajstić information content (AvgIpc) is 2.28. The third-order valence-corrected chi connectivity index (χ3v) is 2.80. The number of allylic oxidation sites excluding steroid dienone is 1. The largest absolute Gasteiger partial charge is 0.312 e. The Morgan fingerprint density at radius 2 is 1.94 bits per heavy atom. The molecule has 0 aliphatic heterocycles. The van der Waals surface area contributed by atoms with Crippen LogP contribution in [0.5, 0.6) is 0 Å². The highest BCUT2D eigenvalue weighted by molar-refractivity contribution is 5.14. The van der Waals surface area contributed by atoms with Gasteiger partial charge in [0.15, 0.2) is 0 Å². The van der Waals surface area contributed by atoms with Crippen LogP contribution in [0.4, 0.5) is 0 Å². The topological polar surface area (TPSA) is 12.0 Å². The van der Waals surface area contributed by atoms with Crippen molar-refractivity contribution in [3.05, 3.63) is 48.6 Å². The van der Waals surface area contributed by atoms with Crippen molar-refractivity contribution in [3.63, 3.8) is 0 Å². The van der Waals surface area contributed by atoms with Crippen molar-refractivity contribution in [1.29, 1.82) is 0 Å². The van der Waals surface area contributed by atoms with Gasteiger partial charge < -0.3 is 5.32 Å². The standard InChI is InChI=1S/C15H23N/c1-4-5-11-15(2,3)13-16-12-14-9-7-6-8-10-14/h4,6-10,16H,1,5,11-13H2,2-3H3. The first-order valence-electron chi connectivity index (χ1n) is 5.99. The minimum absolute atomic E-state index is 0.350. The van der Waals surface area contributed by atoms with E-state index >= 15 is 0 Å². The van der Waals surface area contributed by atoms with Crippen molar-refractivity contribution in [2.75, 3.05) is 6.54 Å². The summed E-state index contributed by atoms with van der Waals surface area (Å²) in [6, 6.07) is 10.5. The Morgan fingerprint density at radius 1 is 1.25 bits per heavy atom. The van der Waals surface area contributed by atoms with Gasteiger partial charge in [-0.1, -0.05) is 50.3 Å². The van der Waals surface area contributed by atoms with E-state index in [4.69, 9.17) is 0 Å². The Hall–Kier alpha value is -1.08. The highest BCUT2D eigenvalue weighted by atomic mass is 14.9. The summed E-state index contributed by atoms with van der Waals surface area (Å²) in [6.07, 6.45) is 4.29. The van der Waals surface area contributed by atoms with E-state index in [1.807, 2.05) is 6.08 Å². The minimum Gasteiger partial charge on any atom is -0.312 e. The Balaban J connectivity index is 2.27. The normalized spacial score (nSPS) is 11.4. The second kappa shape index (κ2) is 6.49. The summed E-state index contributed by atoms with van der Waals surface area (Å²) in [4.78, 5) is 0. The smallest absolute Gasteiger partial charge is 0.0205 e. The zero-order valence-electron chi connectivity index (χ0n) is 10.5. The molecule has 1 heteroatoms. The third kappa shape index (κ3) is 5.13. The molecule has 0 aliphatic rings. The Morgan fingerprint density at radius 3 is 2.56 bits per heavy atom. The third-order valence-electron chi connectivity index (χ3n) is 2.80. The molecule has 0 bridgehead atoms. The molecular formula is C15H23N. The van der Waals surface area contributed by atoms with Gasteiger partial charge in [-0.3, -0.25) is 0 Å². The lowest BCUT2D eigenvalue weighted by molar-refractivity contribution is 0.316. The molecule has 0 aliphatic carbocycles. The summed E-state index contributed by atoms with van der Waals surface area (Å²) < 4.78 is 0. The van der Waals surface area contributed by atoms with Crippen LogP contribution >= 0.6 is 0 Å². The first-order chi connectivity index (χ1) is 7.64. The van der Waals surface area contributed by atoms with Gasteiger partial charge in [-0.25, -0.2) is 0 Å². The van der Waals surface area contributed by atoms with E-state index in [0.29, 0.717) is 5.41 Å². The predicted molar refractivity (Wildman–Crippen MR) is 71.4 cm³/mol. The molecule has 88 valence electrons. The summed E-state index contributed by atoms with van der Waals surface area (Å²) in [7, 11) is 0. The summed E-state index contributed by atoms with van der Waals surface area (Å²) in [5, 5.41) is 3.52. The maximum atomic E-state index is 3.77. The van der Waals surface area contributed by atoms with Crippen LogP contribution in [0.3, 0.4) is 0 Å². The first kappa shape index (κ1) is 13.0. The second-order valence-corrected chi connectivity index (χ2v) is 5.08. The molecule has 0 amide bonds. The van der Waals surface area contributed by atoms with Gasteiger partial charge in [-0.2, -0.15) is 0 Å². The lowest BCUT2D eigenvalue weighted by Crippen LogP contribution is -2.28. The molecule has 0 spiro atoms. The molecule has 1 rings (SSSR count). The van der Waals surface area contributed by atoms with Gasteiger partial charge in [0.25, 0.3) is 0 Å². The molecule has 1 nitrogen and oxygen atoms in total.